The molecule has 2 heterocycles. The lowest BCUT2D eigenvalue weighted by Crippen LogP contribution is -2.27. The molecule has 0 aromatic carbocycles. The molecule has 136 valence electrons. The summed E-state index contributed by atoms with van der Waals surface area (Å²) < 4.78 is 1.91. The Bertz CT molecular complexity index is 454. The van der Waals surface area contributed by atoms with E-state index in [9.17, 15) is 0 Å². The van der Waals surface area contributed by atoms with Gasteiger partial charge in [-0.2, -0.15) is 11.0 Å². The molecule has 0 saturated heterocycles. The van der Waals surface area contributed by atoms with Crippen LogP contribution in [0.15, 0.2) is 17.3 Å². The lowest BCUT2D eigenvalue weighted by Gasteiger charge is -2.07. The molecule has 0 radical (unpaired) electrons. The van der Waals surface area contributed by atoms with Crippen LogP contribution in [-0.4, -0.2) is 39.0 Å². The molecule has 0 fully saturated rings. The molecule has 0 bridgehead atoms. The van der Waals surface area contributed by atoms with Crippen LogP contribution in [0.3, 0.4) is 0 Å². The molecule has 8 heteroatoms. The number of hydrogen-bond acceptors (Lipinski definition) is 7. The molecule has 7 nitrogen and oxygen atoms in total. The zero-order chi connectivity index (χ0) is 16.7. The van der Waals surface area contributed by atoms with E-state index in [1.807, 2.05) is 4.68 Å². The van der Waals surface area contributed by atoms with Crippen molar-refractivity contribution >= 4 is 11.8 Å². The number of nitrogens with zero attached hydrogens (tertiary/aromatic N) is 4. The van der Waals surface area contributed by atoms with Gasteiger partial charge in [0.2, 0.25) is 5.16 Å². The Morgan fingerprint density at radius 1 is 0.917 bits per heavy atom. The highest BCUT2D eigenvalue weighted by Crippen LogP contribution is 2.17. The van der Waals surface area contributed by atoms with Gasteiger partial charge in [-0.1, -0.05) is 30.3 Å². The van der Waals surface area contributed by atoms with E-state index in [2.05, 4.69) is 38.6 Å². The summed E-state index contributed by atoms with van der Waals surface area (Å²) in [6, 6.07) is 0. The molecule has 0 aliphatic carbocycles. The predicted octanol–water partition coefficient (Wildman–Crippen LogP) is 2.87. The SMILES string of the molecule is C1=C\CCCCNONCCCCn2nnnc2SCCCCC/1. The van der Waals surface area contributed by atoms with Crippen LogP contribution in [-0.2, 0) is 11.5 Å². The predicted molar refractivity (Wildman–Crippen MR) is 96.3 cm³/mol. The fourth-order valence-corrected chi connectivity index (χ4v) is 3.35. The summed E-state index contributed by atoms with van der Waals surface area (Å²) in [5.74, 6) is 1.09. The number of aromatic nitrogens is 4. The first-order valence-corrected chi connectivity index (χ1v) is 10.1. The van der Waals surface area contributed by atoms with Gasteiger partial charge in [0, 0.05) is 25.4 Å². The first-order chi connectivity index (χ1) is 12.0. The van der Waals surface area contributed by atoms with Gasteiger partial charge in [-0.05, 0) is 61.8 Å². The first kappa shape index (κ1) is 19.4. The third-order valence-electron chi connectivity index (χ3n) is 3.85. The fourth-order valence-electron chi connectivity index (χ4n) is 2.45. The average molecular weight is 355 g/mol. The Morgan fingerprint density at radius 3 is 2.50 bits per heavy atom. The number of aryl methyl sites for hydroxylation is 1. The highest BCUT2D eigenvalue weighted by atomic mass is 32.2. The summed E-state index contributed by atoms with van der Waals surface area (Å²) in [6.07, 6.45) is 15.1. The zero-order valence-corrected chi connectivity index (χ0v) is 15.3. The smallest absolute Gasteiger partial charge is 0.209 e. The molecule has 0 atom stereocenters. The summed E-state index contributed by atoms with van der Waals surface area (Å²) in [4.78, 5) is 5.22. The minimum atomic E-state index is 0.820. The number of tetrazole rings is 1. The van der Waals surface area contributed by atoms with Gasteiger partial charge in [-0.3, -0.25) is 0 Å². The Kier molecular flexibility index (Phi) is 10.8. The van der Waals surface area contributed by atoms with Crippen molar-refractivity contribution in [2.75, 3.05) is 18.8 Å². The summed E-state index contributed by atoms with van der Waals surface area (Å²) >= 11 is 1.76. The number of hydroxylamine groups is 2. The third-order valence-corrected chi connectivity index (χ3v) is 4.90. The van der Waals surface area contributed by atoms with Crippen molar-refractivity contribution in [2.45, 2.75) is 69.5 Å². The molecular weight excluding hydrogens is 324 g/mol. The lowest BCUT2D eigenvalue weighted by atomic mass is 10.1. The minimum Gasteiger partial charge on any atom is -0.220 e. The third kappa shape index (κ3) is 8.77. The molecule has 0 unspecified atom stereocenters. The highest BCUT2D eigenvalue weighted by molar-refractivity contribution is 7.99. The molecule has 1 aliphatic heterocycles. The van der Waals surface area contributed by atoms with Gasteiger partial charge in [0.05, 0.1) is 0 Å². The zero-order valence-electron chi connectivity index (χ0n) is 14.5. The quantitative estimate of drug-likeness (QED) is 0.694. The van der Waals surface area contributed by atoms with Crippen molar-refractivity contribution in [3.8, 4) is 0 Å². The Morgan fingerprint density at radius 2 is 1.67 bits per heavy atom. The molecule has 24 heavy (non-hydrogen) atoms. The second-order valence-electron chi connectivity index (χ2n) is 5.95. The van der Waals surface area contributed by atoms with E-state index < -0.39 is 0 Å². The Balaban J connectivity index is 1.71. The average Bonchev–Trinajstić information content (AvgIpc) is 3.03. The summed E-state index contributed by atoms with van der Waals surface area (Å²) in [7, 11) is 0. The van der Waals surface area contributed by atoms with Crippen LogP contribution in [0.25, 0.3) is 0 Å². The number of nitrogens with one attached hydrogen (secondary N) is 2. The van der Waals surface area contributed by atoms with Crippen LogP contribution in [0.5, 0.6) is 0 Å². The number of rotatable bonds is 0. The standard InChI is InChI=1S/C16H30N6OS/c1-2-4-6-8-12-17-23-18-13-9-10-14-22-16(19-20-21-22)24-15-11-7-5-3-1/h1-2,17-18H,3-15H2/b2-1-. The topological polar surface area (TPSA) is 76.9 Å². The van der Waals surface area contributed by atoms with Crippen molar-refractivity contribution in [1.82, 2.24) is 31.2 Å². The monoisotopic (exact) mass is 354 g/mol. The second-order valence-corrected chi connectivity index (χ2v) is 7.01. The minimum absolute atomic E-state index is 0.820. The van der Waals surface area contributed by atoms with Gasteiger partial charge < -0.3 is 0 Å². The van der Waals surface area contributed by atoms with Crippen molar-refractivity contribution in [3.05, 3.63) is 12.2 Å². The van der Waals surface area contributed by atoms with Crippen LogP contribution in [0, 0.1) is 0 Å². The molecule has 2 N–H and O–H groups in total. The van der Waals surface area contributed by atoms with Gasteiger partial charge >= 0.3 is 0 Å². The van der Waals surface area contributed by atoms with Gasteiger partial charge in [-0.15, -0.1) is 5.10 Å². The number of fused-ring (bicyclic) bond motifs is 1. The van der Waals surface area contributed by atoms with E-state index in [1.165, 1.54) is 32.1 Å². The van der Waals surface area contributed by atoms with E-state index >= 15 is 0 Å². The normalized spacial score (nSPS) is 22.2. The van der Waals surface area contributed by atoms with Gasteiger partial charge in [0.15, 0.2) is 0 Å². The maximum atomic E-state index is 5.22. The summed E-state index contributed by atoms with van der Waals surface area (Å²) in [6.45, 7) is 2.56. The molecule has 1 aromatic heterocycles. The van der Waals surface area contributed by atoms with E-state index in [-0.39, 0.29) is 0 Å². The molecule has 2 rings (SSSR count). The van der Waals surface area contributed by atoms with Gasteiger partial charge in [0.1, 0.15) is 0 Å². The lowest BCUT2D eigenvalue weighted by molar-refractivity contribution is -0.0387. The van der Waals surface area contributed by atoms with Crippen LogP contribution in [0.4, 0.5) is 0 Å². The molecule has 1 aromatic rings. The van der Waals surface area contributed by atoms with Crippen molar-refractivity contribution < 1.29 is 4.94 Å². The van der Waals surface area contributed by atoms with E-state index in [1.54, 1.807) is 11.8 Å². The molecule has 0 amide bonds. The number of allylic oxidation sites excluding steroid dienone is 2. The Hall–Kier alpha value is -0.960. The van der Waals surface area contributed by atoms with Crippen LogP contribution < -0.4 is 11.0 Å². The number of hydrogen-bond donors (Lipinski definition) is 2. The maximum absolute atomic E-state index is 5.22. The van der Waals surface area contributed by atoms with E-state index in [0.717, 1.165) is 56.2 Å². The molecule has 0 spiro atoms. The molecule has 0 saturated carbocycles. The molecular formula is C16H30N6OS. The van der Waals surface area contributed by atoms with Gasteiger partial charge in [0.25, 0.3) is 0 Å². The first-order valence-electron chi connectivity index (χ1n) is 9.12. The second kappa shape index (κ2) is 13.3. The molecule has 1 aliphatic rings. The van der Waals surface area contributed by atoms with Crippen molar-refractivity contribution in [2.24, 2.45) is 0 Å². The van der Waals surface area contributed by atoms with Crippen LogP contribution in [0.2, 0.25) is 0 Å². The summed E-state index contributed by atoms with van der Waals surface area (Å²) in [5.41, 5.74) is 5.89. The Labute approximate surface area is 148 Å². The van der Waals surface area contributed by atoms with Crippen LogP contribution in [0.1, 0.15) is 57.8 Å². The maximum Gasteiger partial charge on any atom is 0.209 e. The van der Waals surface area contributed by atoms with E-state index in [0.29, 0.717) is 0 Å². The fraction of sp³-hybridized carbons (Fsp3) is 0.812. The van der Waals surface area contributed by atoms with Crippen molar-refractivity contribution in [3.63, 3.8) is 0 Å². The highest BCUT2D eigenvalue weighted by Gasteiger charge is 2.06. The largest absolute Gasteiger partial charge is 0.220 e. The van der Waals surface area contributed by atoms with Crippen LogP contribution >= 0.6 is 11.8 Å². The number of thioether (sulfide) groups is 1. The van der Waals surface area contributed by atoms with E-state index in [4.69, 9.17) is 4.94 Å². The van der Waals surface area contributed by atoms with Gasteiger partial charge in [-0.25, -0.2) is 9.62 Å². The van der Waals surface area contributed by atoms with Crippen molar-refractivity contribution in [1.29, 1.82) is 0 Å². The summed E-state index contributed by atoms with van der Waals surface area (Å²) in [5, 5.41) is 12.9.